The van der Waals surface area contributed by atoms with Gasteiger partial charge in [-0.15, -0.1) is 22.7 Å². The quantitative estimate of drug-likeness (QED) is 0.840. The Hall–Kier alpha value is -1.33. The van der Waals surface area contributed by atoms with Gasteiger partial charge in [-0.2, -0.15) is 0 Å². The number of amides is 1. The zero-order chi connectivity index (χ0) is 13.7. The zero-order valence-electron chi connectivity index (χ0n) is 11.3. The molecular formula is C15H16N2OS2. The number of rotatable bonds is 1. The van der Waals surface area contributed by atoms with Crippen molar-refractivity contribution in [2.45, 2.75) is 38.8 Å². The summed E-state index contributed by atoms with van der Waals surface area (Å²) in [5, 5.41) is 9.79. The van der Waals surface area contributed by atoms with Crippen LogP contribution in [0.15, 0.2) is 11.4 Å². The van der Waals surface area contributed by atoms with Crippen LogP contribution in [0.25, 0.3) is 0 Å². The second-order valence-electron chi connectivity index (χ2n) is 5.43. The van der Waals surface area contributed by atoms with Gasteiger partial charge in [0.25, 0.3) is 5.91 Å². The molecule has 3 heterocycles. The lowest BCUT2D eigenvalue weighted by Gasteiger charge is -2.26. The van der Waals surface area contributed by atoms with E-state index in [1.165, 1.54) is 33.7 Å². The maximum Gasteiger partial charge on any atom is 0.256 e. The SMILES string of the molecule is Cc1ccsc1[C@@H]1NC(=O)c2c(sc3c2CCCC3)N1. The smallest absolute Gasteiger partial charge is 0.256 e. The van der Waals surface area contributed by atoms with Crippen molar-refractivity contribution in [3.8, 4) is 0 Å². The molecule has 0 saturated carbocycles. The fourth-order valence-electron chi connectivity index (χ4n) is 3.09. The first-order valence-electron chi connectivity index (χ1n) is 7.00. The van der Waals surface area contributed by atoms with Gasteiger partial charge < -0.3 is 10.6 Å². The lowest BCUT2D eigenvalue weighted by Crippen LogP contribution is -2.38. The summed E-state index contributed by atoms with van der Waals surface area (Å²) in [4.78, 5) is 15.1. The van der Waals surface area contributed by atoms with E-state index in [0.29, 0.717) is 0 Å². The van der Waals surface area contributed by atoms with Gasteiger partial charge in [-0.3, -0.25) is 4.79 Å². The average Bonchev–Trinajstić information content (AvgIpc) is 3.01. The van der Waals surface area contributed by atoms with Crippen molar-refractivity contribution in [3.63, 3.8) is 0 Å². The van der Waals surface area contributed by atoms with E-state index in [2.05, 4.69) is 29.0 Å². The van der Waals surface area contributed by atoms with Crippen LogP contribution in [0.5, 0.6) is 0 Å². The van der Waals surface area contributed by atoms with E-state index in [-0.39, 0.29) is 12.1 Å². The van der Waals surface area contributed by atoms with Crippen LogP contribution in [-0.2, 0) is 12.8 Å². The van der Waals surface area contributed by atoms with Gasteiger partial charge in [0.05, 0.1) is 5.56 Å². The number of carbonyl (C=O) groups is 1. The predicted molar refractivity (Wildman–Crippen MR) is 83.8 cm³/mol. The summed E-state index contributed by atoms with van der Waals surface area (Å²) in [6.07, 6.45) is 4.57. The van der Waals surface area contributed by atoms with Gasteiger partial charge in [0.2, 0.25) is 0 Å². The fourth-order valence-corrected chi connectivity index (χ4v) is 5.33. The van der Waals surface area contributed by atoms with Crippen molar-refractivity contribution in [1.29, 1.82) is 0 Å². The lowest BCUT2D eigenvalue weighted by molar-refractivity contribution is 0.0936. The number of thiophene rings is 2. The standard InChI is InChI=1S/C15H16N2OS2/c1-8-6-7-19-12(8)13-16-14(18)11-9-4-2-3-5-10(9)20-15(11)17-13/h6-7,13,17H,2-5H2,1H3,(H,16,18)/t13-/m1/s1. The van der Waals surface area contributed by atoms with E-state index < -0.39 is 0 Å². The lowest BCUT2D eigenvalue weighted by atomic mass is 9.94. The van der Waals surface area contributed by atoms with Crippen molar-refractivity contribution in [3.05, 3.63) is 37.9 Å². The molecule has 2 aromatic heterocycles. The van der Waals surface area contributed by atoms with Crippen LogP contribution in [0.4, 0.5) is 5.00 Å². The van der Waals surface area contributed by atoms with E-state index in [1.807, 2.05) is 0 Å². The highest BCUT2D eigenvalue weighted by Gasteiger charge is 2.32. The van der Waals surface area contributed by atoms with Crippen molar-refractivity contribution in [2.24, 2.45) is 0 Å². The summed E-state index contributed by atoms with van der Waals surface area (Å²) in [5.74, 6) is 0.0935. The third kappa shape index (κ3) is 1.80. The molecule has 0 aromatic carbocycles. The van der Waals surface area contributed by atoms with Gasteiger partial charge in [0.15, 0.2) is 0 Å². The Morgan fingerprint density at radius 2 is 2.10 bits per heavy atom. The summed E-state index contributed by atoms with van der Waals surface area (Å²) in [6, 6.07) is 2.10. The minimum atomic E-state index is -0.0740. The molecule has 1 aliphatic heterocycles. The highest BCUT2D eigenvalue weighted by atomic mass is 32.1. The molecule has 2 aromatic rings. The third-order valence-electron chi connectivity index (χ3n) is 4.11. The van der Waals surface area contributed by atoms with E-state index in [1.54, 1.807) is 22.7 Å². The Kier molecular flexibility index (Phi) is 2.86. The van der Waals surface area contributed by atoms with E-state index in [9.17, 15) is 4.79 Å². The van der Waals surface area contributed by atoms with Gasteiger partial charge >= 0.3 is 0 Å². The number of fused-ring (bicyclic) bond motifs is 3. The normalized spacial score (nSPS) is 20.9. The molecule has 3 nitrogen and oxygen atoms in total. The molecule has 20 heavy (non-hydrogen) atoms. The molecule has 1 atom stereocenters. The van der Waals surface area contributed by atoms with Gasteiger partial charge in [-0.25, -0.2) is 0 Å². The maximum absolute atomic E-state index is 12.5. The summed E-state index contributed by atoms with van der Waals surface area (Å²) < 4.78 is 0. The van der Waals surface area contributed by atoms with Gasteiger partial charge in [0.1, 0.15) is 11.2 Å². The Morgan fingerprint density at radius 1 is 1.25 bits per heavy atom. The van der Waals surface area contributed by atoms with Gasteiger partial charge in [-0.1, -0.05) is 0 Å². The molecule has 0 saturated heterocycles. The minimum absolute atomic E-state index is 0.0740. The summed E-state index contributed by atoms with van der Waals surface area (Å²) >= 11 is 3.48. The summed E-state index contributed by atoms with van der Waals surface area (Å²) in [6.45, 7) is 2.09. The first kappa shape index (κ1) is 12.4. The second-order valence-corrected chi connectivity index (χ2v) is 7.49. The number of anilines is 1. The van der Waals surface area contributed by atoms with E-state index in [0.717, 1.165) is 23.4 Å². The molecule has 0 bridgehead atoms. The van der Waals surface area contributed by atoms with E-state index >= 15 is 0 Å². The first-order valence-corrected chi connectivity index (χ1v) is 8.69. The highest BCUT2D eigenvalue weighted by molar-refractivity contribution is 7.16. The molecule has 0 fully saturated rings. The Balaban J connectivity index is 1.75. The Labute approximate surface area is 126 Å². The number of carbonyl (C=O) groups excluding carboxylic acids is 1. The number of aryl methyl sites for hydroxylation is 2. The van der Waals surface area contributed by atoms with Crippen molar-refractivity contribution in [1.82, 2.24) is 5.32 Å². The number of hydrogen-bond acceptors (Lipinski definition) is 4. The Bertz CT molecular complexity index is 686. The third-order valence-corrected chi connectivity index (χ3v) is 6.42. The largest absolute Gasteiger partial charge is 0.352 e. The molecule has 0 unspecified atom stereocenters. The zero-order valence-corrected chi connectivity index (χ0v) is 12.9. The molecule has 5 heteroatoms. The van der Waals surface area contributed by atoms with Crippen LogP contribution >= 0.6 is 22.7 Å². The topological polar surface area (TPSA) is 41.1 Å². The molecule has 4 rings (SSSR count). The molecule has 2 N–H and O–H groups in total. The Morgan fingerprint density at radius 3 is 2.90 bits per heavy atom. The minimum Gasteiger partial charge on any atom is -0.352 e. The molecule has 2 aliphatic rings. The second kappa shape index (κ2) is 4.60. The van der Waals surface area contributed by atoms with Crippen LogP contribution in [0, 0.1) is 6.92 Å². The first-order chi connectivity index (χ1) is 9.74. The van der Waals surface area contributed by atoms with Crippen LogP contribution in [-0.4, -0.2) is 5.91 Å². The fraction of sp³-hybridized carbons (Fsp3) is 0.400. The number of nitrogens with one attached hydrogen (secondary N) is 2. The van der Waals surface area contributed by atoms with Crippen molar-refractivity contribution in [2.75, 3.05) is 5.32 Å². The summed E-state index contributed by atoms with van der Waals surface area (Å²) in [7, 11) is 0. The van der Waals surface area contributed by atoms with Gasteiger partial charge in [0, 0.05) is 9.75 Å². The molecule has 1 amide bonds. The highest BCUT2D eigenvalue weighted by Crippen LogP contribution is 2.42. The molecule has 1 aliphatic carbocycles. The van der Waals surface area contributed by atoms with Crippen LogP contribution in [0.3, 0.4) is 0 Å². The van der Waals surface area contributed by atoms with E-state index in [4.69, 9.17) is 0 Å². The number of hydrogen-bond donors (Lipinski definition) is 2. The van der Waals surface area contributed by atoms with Crippen LogP contribution in [0.1, 0.15) is 50.2 Å². The summed E-state index contributed by atoms with van der Waals surface area (Å²) in [5.41, 5.74) is 3.44. The predicted octanol–water partition coefficient (Wildman–Crippen LogP) is 3.85. The average molecular weight is 304 g/mol. The van der Waals surface area contributed by atoms with Gasteiger partial charge in [-0.05, 0) is 55.2 Å². The maximum atomic E-state index is 12.5. The van der Waals surface area contributed by atoms with Crippen molar-refractivity contribution >= 4 is 33.6 Å². The molecule has 0 spiro atoms. The van der Waals surface area contributed by atoms with Crippen LogP contribution in [0.2, 0.25) is 0 Å². The van der Waals surface area contributed by atoms with Crippen molar-refractivity contribution < 1.29 is 4.79 Å². The van der Waals surface area contributed by atoms with Crippen LogP contribution < -0.4 is 10.6 Å². The molecule has 0 radical (unpaired) electrons. The molecule has 104 valence electrons. The monoisotopic (exact) mass is 304 g/mol. The molecular weight excluding hydrogens is 288 g/mol.